The van der Waals surface area contributed by atoms with Gasteiger partial charge in [-0.25, -0.2) is 46.5 Å². The molecule has 94 heavy (non-hydrogen) atoms. The highest BCUT2D eigenvalue weighted by Gasteiger charge is 2.29. The van der Waals surface area contributed by atoms with Crippen molar-refractivity contribution in [3.63, 3.8) is 0 Å². The van der Waals surface area contributed by atoms with Gasteiger partial charge in [-0.05, 0) is 81.6 Å². The SMILES string of the molecule is CS(=O)(=O)c1ccc(C2OCCn3cncc32)cc1.N#Cc1c(F)cc(C2OCCn3cncc32)cc1F.N#Cc1ccc(C2SCCn3cncc32)cc1F.O=[N+]([O-])c1ccc(C2OCCn3cncc32)cc1.c1cc(C2OCCn3cncc32)ccc1-c1nn[nH]n1. The summed E-state index contributed by atoms with van der Waals surface area (Å²) in [5.74, 6) is -0.635. The summed E-state index contributed by atoms with van der Waals surface area (Å²) in [7, 11) is -3.16. The van der Waals surface area contributed by atoms with Crippen molar-refractivity contribution < 1.29 is 45.5 Å². The molecule has 0 radical (unpaired) electrons. The summed E-state index contributed by atoms with van der Waals surface area (Å²) < 4.78 is 96.9. The lowest BCUT2D eigenvalue weighted by Gasteiger charge is -2.25. The second-order valence-corrected chi connectivity index (χ2v) is 24.9. The molecule has 0 spiro atoms. The van der Waals surface area contributed by atoms with E-state index in [2.05, 4.69) is 59.2 Å². The second kappa shape index (κ2) is 28.6. The number of nitrogens with zero attached hydrogens (tertiary/aromatic N) is 16. The first-order valence-corrected chi connectivity index (χ1v) is 32.2. The fraction of sp³-hybridized carbons (Fsp3) is 0.250. The zero-order valence-corrected chi connectivity index (χ0v) is 51.6. The van der Waals surface area contributed by atoms with E-state index in [1.165, 1.54) is 30.5 Å². The Balaban J connectivity index is 0.000000113. The van der Waals surface area contributed by atoms with Crippen molar-refractivity contribution in [1.29, 1.82) is 10.5 Å². The Hall–Kier alpha value is -10.5. The molecule has 11 heterocycles. The minimum atomic E-state index is -3.16. The van der Waals surface area contributed by atoms with E-state index < -0.39 is 43.9 Å². The van der Waals surface area contributed by atoms with Gasteiger partial charge in [0, 0.05) is 68.6 Å². The van der Waals surface area contributed by atoms with E-state index >= 15 is 0 Å². The number of aromatic nitrogens is 14. The average Bonchev–Trinajstić information content (AvgIpc) is 1.51. The Bertz CT molecular complexity index is 4620. The van der Waals surface area contributed by atoms with Gasteiger partial charge in [-0.1, -0.05) is 42.5 Å². The molecular weight excluding hydrogens is 1260 g/mol. The highest BCUT2D eigenvalue weighted by atomic mass is 32.2. The Morgan fingerprint density at radius 1 is 0.553 bits per heavy atom. The summed E-state index contributed by atoms with van der Waals surface area (Å²) in [6.07, 6.45) is 17.9. The van der Waals surface area contributed by atoms with Gasteiger partial charge < -0.3 is 41.8 Å². The molecule has 5 aliphatic heterocycles. The number of hydrogen-bond donors (Lipinski definition) is 1. The summed E-state index contributed by atoms with van der Waals surface area (Å²) in [6, 6.07) is 31.7. The molecule has 0 fully saturated rings. The van der Waals surface area contributed by atoms with Gasteiger partial charge in [0.2, 0.25) is 5.82 Å². The molecule has 11 aromatic rings. The van der Waals surface area contributed by atoms with E-state index in [0.717, 1.165) is 100 Å². The minimum Gasteiger partial charge on any atom is -0.365 e. The van der Waals surface area contributed by atoms with Crippen molar-refractivity contribution in [3.8, 4) is 23.5 Å². The summed E-state index contributed by atoms with van der Waals surface area (Å²) in [5, 5.41) is 42.0. The number of fused-ring (bicyclic) bond motifs is 5. The third-order valence-corrected chi connectivity index (χ3v) is 18.3. The summed E-state index contributed by atoms with van der Waals surface area (Å²) >= 11 is 1.78. The van der Waals surface area contributed by atoms with Crippen molar-refractivity contribution in [2.75, 3.05) is 38.4 Å². The Labute approximate surface area is 539 Å². The maximum absolute atomic E-state index is 13.7. The van der Waals surface area contributed by atoms with Crippen molar-refractivity contribution in [2.45, 2.75) is 67.3 Å². The van der Waals surface area contributed by atoms with Gasteiger partial charge in [0.05, 0.1) is 132 Å². The van der Waals surface area contributed by atoms with E-state index in [0.29, 0.717) is 49.3 Å². The Morgan fingerprint density at radius 2 is 0.968 bits per heavy atom. The van der Waals surface area contributed by atoms with Crippen molar-refractivity contribution in [1.82, 2.24) is 68.4 Å². The number of rotatable bonds is 8. The monoisotopic (exact) mass is 1310 g/mol. The highest BCUT2D eigenvalue weighted by molar-refractivity contribution is 7.99. The first kappa shape index (κ1) is 63.7. The molecule has 16 rings (SSSR count). The van der Waals surface area contributed by atoms with Gasteiger partial charge in [0.25, 0.3) is 5.69 Å². The maximum atomic E-state index is 13.7. The number of ether oxygens (including phenoxy) is 4. The fourth-order valence-corrected chi connectivity index (χ4v) is 13.0. The lowest BCUT2D eigenvalue weighted by Crippen LogP contribution is -2.21. The number of H-pyrrole nitrogens is 1. The maximum Gasteiger partial charge on any atom is 0.269 e. The Kier molecular flexibility index (Phi) is 19.4. The van der Waals surface area contributed by atoms with E-state index in [-0.39, 0.29) is 34.8 Å². The minimum absolute atomic E-state index is 0.0643. The molecule has 5 aromatic carbocycles. The number of hydrogen-bond acceptors (Lipinski definition) is 19. The van der Waals surface area contributed by atoms with Gasteiger partial charge in [0.1, 0.15) is 59.6 Å². The van der Waals surface area contributed by atoms with Crippen LogP contribution in [-0.2, 0) is 61.5 Å². The number of nitriles is 2. The highest BCUT2D eigenvalue weighted by Crippen LogP contribution is 2.40. The lowest BCUT2D eigenvalue weighted by molar-refractivity contribution is -0.384. The van der Waals surface area contributed by atoms with Crippen LogP contribution < -0.4 is 0 Å². The molecular formula is C64H56F3N17O8S2. The van der Waals surface area contributed by atoms with Gasteiger partial charge in [-0.15, -0.1) is 22.0 Å². The third kappa shape index (κ3) is 14.1. The van der Waals surface area contributed by atoms with E-state index in [1.807, 2.05) is 70.6 Å². The molecule has 478 valence electrons. The van der Waals surface area contributed by atoms with Crippen molar-refractivity contribution in [2.24, 2.45) is 0 Å². The fourth-order valence-electron chi connectivity index (χ4n) is 11.2. The van der Waals surface area contributed by atoms with Gasteiger partial charge in [-0.2, -0.15) is 15.7 Å². The van der Waals surface area contributed by atoms with Crippen molar-refractivity contribution in [3.05, 3.63) is 261 Å². The molecule has 5 aliphatic rings. The van der Waals surface area contributed by atoms with Crippen LogP contribution in [0, 0.1) is 50.2 Å². The van der Waals surface area contributed by atoms with Crippen LogP contribution in [0.2, 0.25) is 0 Å². The number of thioether (sulfide) groups is 1. The number of sulfone groups is 1. The van der Waals surface area contributed by atoms with Crippen LogP contribution in [0.5, 0.6) is 0 Å². The average molecular weight is 1310 g/mol. The third-order valence-electron chi connectivity index (χ3n) is 15.9. The van der Waals surface area contributed by atoms with Crippen LogP contribution in [0.15, 0.2) is 171 Å². The first-order valence-electron chi connectivity index (χ1n) is 29.3. The first-order chi connectivity index (χ1) is 45.7. The number of tetrazole rings is 1. The second-order valence-electron chi connectivity index (χ2n) is 21.7. The number of nitro groups is 1. The quantitative estimate of drug-likeness (QED) is 0.109. The van der Waals surface area contributed by atoms with Crippen molar-refractivity contribution >= 4 is 27.3 Å². The summed E-state index contributed by atoms with van der Waals surface area (Å²) in [6.45, 7) is 6.42. The predicted molar refractivity (Wildman–Crippen MR) is 331 cm³/mol. The number of non-ortho nitro benzene ring substituents is 1. The zero-order chi connectivity index (χ0) is 65.3. The lowest BCUT2D eigenvalue weighted by atomic mass is 10.0. The van der Waals surface area contributed by atoms with E-state index in [4.69, 9.17) is 29.5 Å². The zero-order valence-electron chi connectivity index (χ0n) is 49.9. The van der Waals surface area contributed by atoms with Crippen LogP contribution >= 0.6 is 11.8 Å². The molecule has 0 saturated carbocycles. The molecule has 30 heteroatoms. The standard InChI is InChI=1S/C13H9F2N3O.C13H10FN3S.C13H12N6O.C13H14N2O3S.C12H11N3O3/c14-10-3-8(4-11(15)9(10)5-16)13-12-6-17-7-18(12)1-2-19-13;14-11-5-9(1-2-10(11)6-15)13-12-7-16-8-17(12)3-4-18-13;1-3-10(13-15-17-18-16-13)4-2-9(1)12-11-7-14-8-19(11)5-6-20-12;1-19(16,17)11-4-2-10(3-5-11)13-12-8-14-9-15(12)6-7-18-13;16-15(17)10-3-1-9(2-4-10)12-11-7-13-8-14(11)5-6-18-12/h3-4,6-7,13H,1-2H2;1-2,5,7-8,13H,3-4H2;1-4,7-8,12H,5-6H2,(H,15,16,17,18);2-5,8-9,13H,6-7H2,1H3;1-4,7-8,12H,5-6H2. The predicted octanol–water partition coefficient (Wildman–Crippen LogP) is 9.38. The number of nitro benzene ring substituents is 1. The van der Waals surface area contributed by atoms with E-state index in [9.17, 15) is 31.7 Å². The molecule has 0 saturated heterocycles. The molecule has 1 N–H and O–H groups in total. The molecule has 5 unspecified atom stereocenters. The van der Waals surface area contributed by atoms with Gasteiger partial charge in [0.15, 0.2) is 9.84 Å². The number of halogens is 3. The topological polar surface area (TPSA) is 305 Å². The van der Waals surface area contributed by atoms with E-state index in [1.54, 1.807) is 91.8 Å². The number of imidazole rings is 5. The molecule has 0 amide bonds. The van der Waals surface area contributed by atoms with Gasteiger partial charge >= 0.3 is 0 Å². The molecule has 6 aromatic heterocycles. The summed E-state index contributed by atoms with van der Waals surface area (Å²) in [4.78, 5) is 31.1. The number of aromatic amines is 1. The summed E-state index contributed by atoms with van der Waals surface area (Å²) in [5.41, 5.74) is 9.60. The molecule has 0 aliphatic carbocycles. The number of aryl methyl sites for hydroxylation is 1. The molecule has 25 nitrogen and oxygen atoms in total. The normalized spacial score (nSPS) is 18.3. The number of nitrogens with one attached hydrogen (secondary N) is 1. The van der Waals surface area contributed by atoms with Crippen LogP contribution in [0.1, 0.15) is 97.1 Å². The molecule has 5 atom stereocenters. The Morgan fingerprint density at radius 3 is 1.38 bits per heavy atom. The van der Waals surface area contributed by atoms with Crippen LogP contribution in [0.4, 0.5) is 18.9 Å². The van der Waals surface area contributed by atoms with Gasteiger partial charge in [-0.3, -0.25) is 10.1 Å². The van der Waals surface area contributed by atoms with Crippen LogP contribution in [0.25, 0.3) is 11.4 Å². The smallest absolute Gasteiger partial charge is 0.269 e. The largest absolute Gasteiger partial charge is 0.365 e. The van der Waals surface area contributed by atoms with Crippen LogP contribution in [0.3, 0.4) is 0 Å². The van der Waals surface area contributed by atoms with Crippen LogP contribution in [-0.4, -0.2) is 120 Å². The molecule has 0 bridgehead atoms. The number of benzene rings is 5.